The van der Waals surface area contributed by atoms with Crippen LogP contribution in [0.1, 0.15) is 6.92 Å². The van der Waals surface area contributed by atoms with Crippen LogP contribution in [0.5, 0.6) is 17.2 Å². The fraction of sp³-hybridized carbons (Fsp3) is 0.100. The summed E-state index contributed by atoms with van der Waals surface area (Å²) >= 11 is 0. The zero-order valence-electron chi connectivity index (χ0n) is 14.4. The van der Waals surface area contributed by atoms with Crippen LogP contribution < -0.4 is 13.6 Å². The maximum atomic E-state index is 13.1. The molecule has 0 amide bonds. The Morgan fingerprint density at radius 1 is 0.654 bits per heavy atom. The molecule has 0 aliphatic heterocycles. The van der Waals surface area contributed by atoms with Gasteiger partial charge in [0.15, 0.2) is 0 Å². The van der Waals surface area contributed by atoms with Crippen molar-refractivity contribution in [2.75, 3.05) is 6.61 Å². The molecule has 1 N–H and O–H groups in total. The van der Waals surface area contributed by atoms with Crippen LogP contribution >= 0.6 is 7.82 Å². The zero-order valence-corrected chi connectivity index (χ0v) is 15.3. The Labute approximate surface area is 153 Å². The molecule has 3 rings (SSSR count). The molecule has 3 aromatic rings. The first-order valence-corrected chi connectivity index (χ1v) is 9.56. The number of phosphoric ester groups is 1. The van der Waals surface area contributed by atoms with E-state index in [4.69, 9.17) is 18.7 Å². The number of rotatable bonds is 6. The van der Waals surface area contributed by atoms with E-state index >= 15 is 0 Å². The highest BCUT2D eigenvalue weighted by Gasteiger charge is 2.33. The third-order valence-corrected chi connectivity index (χ3v) is 4.18. The van der Waals surface area contributed by atoms with Crippen LogP contribution in [0.25, 0.3) is 0 Å². The Hall–Kier alpha value is -2.75. The Bertz CT molecular complexity index is 686. The van der Waals surface area contributed by atoms with Crippen LogP contribution in [0, 0.1) is 0 Å². The van der Waals surface area contributed by atoms with Gasteiger partial charge < -0.3 is 18.7 Å². The van der Waals surface area contributed by atoms with Crippen molar-refractivity contribution < 1.29 is 23.2 Å². The molecule has 0 aliphatic carbocycles. The molecule has 0 saturated carbocycles. The minimum absolute atomic E-state index is 0.250. The summed E-state index contributed by atoms with van der Waals surface area (Å²) in [6.45, 7) is 1.93. The molecule has 0 atom stereocenters. The van der Waals surface area contributed by atoms with Gasteiger partial charge >= 0.3 is 7.82 Å². The van der Waals surface area contributed by atoms with Crippen LogP contribution in [0.3, 0.4) is 0 Å². The summed E-state index contributed by atoms with van der Waals surface area (Å²) in [7, 11) is -3.89. The summed E-state index contributed by atoms with van der Waals surface area (Å²) in [6, 6.07) is 26.4. The van der Waals surface area contributed by atoms with Gasteiger partial charge in [-0.05, 0) is 43.3 Å². The summed E-state index contributed by atoms with van der Waals surface area (Å²) in [5.74, 6) is 1.22. The maximum absolute atomic E-state index is 13.1. The Kier molecular flexibility index (Phi) is 7.75. The molecule has 26 heavy (non-hydrogen) atoms. The molecule has 3 aromatic carbocycles. The molecule has 0 aliphatic rings. The summed E-state index contributed by atoms with van der Waals surface area (Å²) in [5.41, 5.74) is 0. The van der Waals surface area contributed by atoms with Crippen molar-refractivity contribution in [2.24, 2.45) is 0 Å². The number of hydrogen-bond acceptors (Lipinski definition) is 5. The third-order valence-electron chi connectivity index (χ3n) is 2.88. The lowest BCUT2D eigenvalue weighted by Crippen LogP contribution is -2.07. The monoisotopic (exact) mass is 372 g/mol. The van der Waals surface area contributed by atoms with Crippen molar-refractivity contribution in [3.05, 3.63) is 91.0 Å². The van der Waals surface area contributed by atoms with Gasteiger partial charge in [-0.1, -0.05) is 54.6 Å². The quantitative estimate of drug-likeness (QED) is 0.593. The van der Waals surface area contributed by atoms with E-state index in [0.717, 1.165) is 0 Å². The van der Waals surface area contributed by atoms with Gasteiger partial charge in [-0.2, -0.15) is 4.57 Å². The van der Waals surface area contributed by atoms with Crippen molar-refractivity contribution >= 4 is 7.82 Å². The second-order valence-electron chi connectivity index (χ2n) is 4.98. The lowest BCUT2D eigenvalue weighted by Gasteiger charge is -2.19. The second-order valence-corrected chi connectivity index (χ2v) is 6.42. The van der Waals surface area contributed by atoms with Crippen molar-refractivity contribution in [3.8, 4) is 17.2 Å². The topological polar surface area (TPSA) is 65.0 Å². The van der Waals surface area contributed by atoms with Gasteiger partial charge in [0.05, 0.1) is 0 Å². The van der Waals surface area contributed by atoms with Crippen LogP contribution in [0.2, 0.25) is 0 Å². The van der Waals surface area contributed by atoms with Crippen molar-refractivity contribution in [1.82, 2.24) is 0 Å². The van der Waals surface area contributed by atoms with Crippen molar-refractivity contribution in [1.29, 1.82) is 0 Å². The summed E-state index contributed by atoms with van der Waals surface area (Å²) in [6.07, 6.45) is 0. The lowest BCUT2D eigenvalue weighted by molar-refractivity contribution is 0.298. The van der Waals surface area contributed by atoms with Crippen LogP contribution in [-0.2, 0) is 4.57 Å². The zero-order chi connectivity index (χ0) is 18.7. The predicted octanol–water partition coefficient (Wildman–Crippen LogP) is 5.33. The van der Waals surface area contributed by atoms with Gasteiger partial charge in [0.2, 0.25) is 0 Å². The SMILES string of the molecule is CCO.O=P(Oc1ccccc1)(Oc1ccccc1)Oc1ccccc1. The van der Waals surface area contributed by atoms with E-state index in [9.17, 15) is 4.57 Å². The van der Waals surface area contributed by atoms with Crippen molar-refractivity contribution in [3.63, 3.8) is 0 Å². The van der Waals surface area contributed by atoms with E-state index in [1.54, 1.807) is 79.7 Å². The van der Waals surface area contributed by atoms with E-state index < -0.39 is 7.82 Å². The van der Waals surface area contributed by atoms with E-state index in [0.29, 0.717) is 17.2 Å². The number of benzene rings is 3. The number of para-hydroxylation sites is 3. The fourth-order valence-corrected chi connectivity index (χ4v) is 3.14. The molecule has 0 heterocycles. The van der Waals surface area contributed by atoms with E-state index in [-0.39, 0.29) is 6.61 Å². The predicted molar refractivity (Wildman–Crippen MR) is 102 cm³/mol. The molecule has 0 spiro atoms. The number of hydrogen-bond donors (Lipinski definition) is 1. The van der Waals surface area contributed by atoms with Gasteiger partial charge in [0.25, 0.3) is 0 Å². The van der Waals surface area contributed by atoms with Gasteiger partial charge in [-0.15, -0.1) is 0 Å². The van der Waals surface area contributed by atoms with E-state index in [2.05, 4.69) is 0 Å². The largest absolute Gasteiger partial charge is 0.647 e. The van der Waals surface area contributed by atoms with E-state index in [1.807, 2.05) is 18.2 Å². The molecule has 0 aromatic heterocycles. The molecule has 0 unspecified atom stereocenters. The van der Waals surface area contributed by atoms with E-state index in [1.165, 1.54) is 0 Å². The molecule has 0 bridgehead atoms. The van der Waals surface area contributed by atoms with Gasteiger partial charge in [0, 0.05) is 6.61 Å². The summed E-state index contributed by atoms with van der Waals surface area (Å²) in [5, 5.41) is 7.57. The summed E-state index contributed by atoms with van der Waals surface area (Å²) in [4.78, 5) is 0. The Morgan fingerprint density at radius 2 is 0.885 bits per heavy atom. The second kappa shape index (κ2) is 10.3. The van der Waals surface area contributed by atoms with Gasteiger partial charge in [-0.3, -0.25) is 0 Å². The molecule has 0 radical (unpaired) electrons. The van der Waals surface area contributed by atoms with Crippen molar-refractivity contribution in [2.45, 2.75) is 6.92 Å². The highest BCUT2D eigenvalue weighted by molar-refractivity contribution is 7.49. The maximum Gasteiger partial charge on any atom is 0.647 e. The molecule has 6 heteroatoms. The Balaban J connectivity index is 0.000000758. The first kappa shape index (κ1) is 19.6. The fourth-order valence-electron chi connectivity index (χ4n) is 1.89. The third kappa shape index (κ3) is 6.63. The van der Waals surface area contributed by atoms with Gasteiger partial charge in [0.1, 0.15) is 17.2 Å². The van der Waals surface area contributed by atoms with Gasteiger partial charge in [-0.25, -0.2) is 0 Å². The molecular weight excluding hydrogens is 351 g/mol. The first-order chi connectivity index (χ1) is 12.6. The molecule has 5 nitrogen and oxygen atoms in total. The molecule has 136 valence electrons. The van der Waals surface area contributed by atoms with Crippen LogP contribution in [-0.4, -0.2) is 11.7 Å². The molecular formula is C20H21O5P. The number of aliphatic hydroxyl groups excluding tert-OH is 1. The minimum atomic E-state index is -3.89. The average molecular weight is 372 g/mol. The minimum Gasteiger partial charge on any atom is -0.397 e. The lowest BCUT2D eigenvalue weighted by atomic mass is 10.3. The Morgan fingerprint density at radius 3 is 1.12 bits per heavy atom. The van der Waals surface area contributed by atoms with Crippen LogP contribution in [0.15, 0.2) is 91.0 Å². The molecule has 0 fully saturated rings. The molecule has 0 saturated heterocycles. The highest BCUT2D eigenvalue weighted by Crippen LogP contribution is 2.49. The number of aliphatic hydroxyl groups is 1. The van der Waals surface area contributed by atoms with Crippen LogP contribution in [0.4, 0.5) is 0 Å². The summed E-state index contributed by atoms with van der Waals surface area (Å²) < 4.78 is 29.6. The average Bonchev–Trinajstić information content (AvgIpc) is 2.64. The standard InChI is InChI=1S/C18H15O4P.C2H6O/c19-23(20-16-10-4-1-5-11-16,21-17-12-6-2-7-13-17)22-18-14-8-3-9-15-18;1-2-3/h1-15H;3H,2H2,1H3. The normalized spacial score (nSPS) is 10.2. The number of phosphoric acid groups is 1. The smallest absolute Gasteiger partial charge is 0.397 e. The highest BCUT2D eigenvalue weighted by atomic mass is 31.2. The first-order valence-electron chi connectivity index (χ1n) is 8.10.